The number of fused-ring (bicyclic) bond motifs is 1. The predicted octanol–water partition coefficient (Wildman–Crippen LogP) is 1.50. The largest absolute Gasteiger partial charge is 0.352 e. The molecule has 26 heavy (non-hydrogen) atoms. The van der Waals surface area contributed by atoms with Crippen molar-refractivity contribution >= 4 is 17.4 Å². The van der Waals surface area contributed by atoms with E-state index in [0.717, 1.165) is 50.0 Å². The number of carbonyl (C=O) groups is 1. The van der Waals surface area contributed by atoms with E-state index in [0.29, 0.717) is 12.3 Å². The summed E-state index contributed by atoms with van der Waals surface area (Å²) >= 11 is 0. The minimum atomic E-state index is 0.321. The van der Waals surface area contributed by atoms with Crippen LogP contribution in [0.25, 0.3) is 5.65 Å². The first-order valence-corrected chi connectivity index (χ1v) is 9.71. The van der Waals surface area contributed by atoms with Crippen LogP contribution in [0.3, 0.4) is 0 Å². The van der Waals surface area contributed by atoms with Crippen LogP contribution in [0.2, 0.25) is 0 Å². The van der Waals surface area contributed by atoms with E-state index in [-0.39, 0.29) is 0 Å². The lowest BCUT2D eigenvalue weighted by atomic mass is 9.92. The Morgan fingerprint density at radius 3 is 2.65 bits per heavy atom. The third kappa shape index (κ3) is 3.82. The summed E-state index contributed by atoms with van der Waals surface area (Å²) in [6.07, 6.45) is 7.84. The third-order valence-electron chi connectivity index (χ3n) is 5.80. The number of carbonyl (C=O) groups excluding carboxylic acids is 1. The molecule has 2 saturated heterocycles. The minimum Gasteiger partial charge on any atom is -0.352 e. The number of aromatic nitrogens is 3. The van der Waals surface area contributed by atoms with E-state index >= 15 is 0 Å². The van der Waals surface area contributed by atoms with Gasteiger partial charge >= 0.3 is 0 Å². The lowest BCUT2D eigenvalue weighted by molar-refractivity contribution is -0.131. The summed E-state index contributed by atoms with van der Waals surface area (Å²) in [5.41, 5.74) is 0.858. The molecule has 0 aromatic carbocycles. The number of amides is 1. The third-order valence-corrected chi connectivity index (χ3v) is 5.80. The van der Waals surface area contributed by atoms with Gasteiger partial charge < -0.3 is 14.7 Å². The molecule has 140 valence electrons. The predicted molar refractivity (Wildman–Crippen MR) is 101 cm³/mol. The van der Waals surface area contributed by atoms with Gasteiger partial charge in [0.05, 0.1) is 0 Å². The molecule has 4 rings (SSSR count). The molecular formula is C19H28N6O. The number of likely N-dealkylation sites (tertiary alicyclic amines) is 1. The number of rotatable bonds is 4. The molecule has 2 aromatic heterocycles. The Morgan fingerprint density at radius 1 is 1.12 bits per heavy atom. The van der Waals surface area contributed by atoms with Gasteiger partial charge in [0.25, 0.3) is 0 Å². The lowest BCUT2D eigenvalue weighted by Crippen LogP contribution is -2.49. The van der Waals surface area contributed by atoms with Gasteiger partial charge in [0.15, 0.2) is 5.65 Å². The Kier molecular flexibility index (Phi) is 5.06. The van der Waals surface area contributed by atoms with Crippen LogP contribution in [0, 0.1) is 5.92 Å². The summed E-state index contributed by atoms with van der Waals surface area (Å²) in [6, 6.07) is 4.00. The van der Waals surface area contributed by atoms with Crippen molar-refractivity contribution in [2.24, 2.45) is 5.92 Å². The summed E-state index contributed by atoms with van der Waals surface area (Å²) in [6.45, 7) is 5.60. The maximum Gasteiger partial charge on any atom is 0.222 e. The first kappa shape index (κ1) is 17.3. The highest BCUT2D eigenvalue weighted by molar-refractivity contribution is 5.76. The molecule has 0 saturated carbocycles. The van der Waals surface area contributed by atoms with Gasteiger partial charge in [0, 0.05) is 45.0 Å². The molecule has 0 radical (unpaired) electrons. The van der Waals surface area contributed by atoms with Gasteiger partial charge in [0.1, 0.15) is 5.82 Å². The number of hydrogen-bond donors (Lipinski definition) is 0. The second-order valence-corrected chi connectivity index (χ2v) is 7.57. The number of piperazine rings is 1. The van der Waals surface area contributed by atoms with Crippen molar-refractivity contribution < 1.29 is 4.79 Å². The SMILES string of the molecule is CN1CCC(CCC(=O)N2CCN(c3ccc4nccn4n3)CC2)CC1. The zero-order valence-electron chi connectivity index (χ0n) is 15.5. The fourth-order valence-corrected chi connectivity index (χ4v) is 4.00. The molecule has 0 unspecified atom stereocenters. The first-order chi connectivity index (χ1) is 12.7. The Balaban J connectivity index is 1.25. The highest BCUT2D eigenvalue weighted by atomic mass is 16.2. The topological polar surface area (TPSA) is 57.0 Å². The number of hydrogen-bond acceptors (Lipinski definition) is 5. The van der Waals surface area contributed by atoms with Gasteiger partial charge in [-0.3, -0.25) is 4.79 Å². The van der Waals surface area contributed by atoms with Crippen molar-refractivity contribution in [1.82, 2.24) is 24.4 Å². The Hall–Kier alpha value is -2.15. The highest BCUT2D eigenvalue weighted by Gasteiger charge is 2.24. The van der Waals surface area contributed by atoms with Crippen LogP contribution in [-0.2, 0) is 4.79 Å². The Labute approximate surface area is 154 Å². The van der Waals surface area contributed by atoms with E-state index in [9.17, 15) is 4.79 Å². The molecular weight excluding hydrogens is 328 g/mol. The molecule has 0 bridgehead atoms. The van der Waals surface area contributed by atoms with E-state index in [2.05, 4.69) is 26.9 Å². The highest BCUT2D eigenvalue weighted by Crippen LogP contribution is 2.22. The van der Waals surface area contributed by atoms with Gasteiger partial charge in [-0.05, 0) is 57.5 Å². The van der Waals surface area contributed by atoms with Crippen LogP contribution in [0.4, 0.5) is 5.82 Å². The second kappa shape index (κ2) is 7.61. The van der Waals surface area contributed by atoms with Crippen molar-refractivity contribution in [3.8, 4) is 0 Å². The van der Waals surface area contributed by atoms with E-state index in [1.54, 1.807) is 10.7 Å². The molecule has 7 heteroatoms. The summed E-state index contributed by atoms with van der Waals surface area (Å²) in [5.74, 6) is 2.00. The summed E-state index contributed by atoms with van der Waals surface area (Å²) in [4.78, 5) is 23.4. The minimum absolute atomic E-state index is 0.321. The molecule has 7 nitrogen and oxygen atoms in total. The molecule has 0 aliphatic carbocycles. The fraction of sp³-hybridized carbons (Fsp3) is 0.632. The van der Waals surface area contributed by atoms with Crippen LogP contribution >= 0.6 is 0 Å². The molecule has 2 aromatic rings. The molecule has 2 aliphatic rings. The molecule has 2 aliphatic heterocycles. The number of nitrogens with zero attached hydrogens (tertiary/aromatic N) is 6. The summed E-state index contributed by atoms with van der Waals surface area (Å²) < 4.78 is 1.80. The van der Waals surface area contributed by atoms with Gasteiger partial charge in [-0.15, -0.1) is 5.10 Å². The van der Waals surface area contributed by atoms with Gasteiger partial charge in [-0.25, -0.2) is 9.50 Å². The quantitative estimate of drug-likeness (QED) is 0.831. The molecule has 4 heterocycles. The number of piperidine rings is 1. The monoisotopic (exact) mass is 356 g/mol. The molecule has 0 spiro atoms. The smallest absolute Gasteiger partial charge is 0.222 e. The zero-order chi connectivity index (χ0) is 17.9. The molecule has 0 N–H and O–H groups in total. The summed E-state index contributed by atoms with van der Waals surface area (Å²) in [7, 11) is 2.18. The van der Waals surface area contributed by atoms with Crippen LogP contribution in [-0.4, -0.2) is 76.6 Å². The van der Waals surface area contributed by atoms with Gasteiger partial charge in [0.2, 0.25) is 5.91 Å². The molecule has 0 atom stereocenters. The summed E-state index contributed by atoms with van der Waals surface area (Å²) in [5, 5.41) is 4.61. The second-order valence-electron chi connectivity index (χ2n) is 7.57. The van der Waals surface area contributed by atoms with Crippen molar-refractivity contribution in [2.45, 2.75) is 25.7 Å². The standard InChI is InChI=1S/C19H28N6O/c1-22-9-6-16(7-10-22)2-5-19(26)24-14-12-23(13-15-24)18-4-3-17-20-8-11-25(17)21-18/h3-4,8,11,16H,2,5-7,9-10,12-15H2,1H3. The Bertz CT molecular complexity index is 743. The van der Waals surface area contributed by atoms with Gasteiger partial charge in [-0.1, -0.05) is 0 Å². The van der Waals surface area contributed by atoms with Crippen LogP contribution in [0.5, 0.6) is 0 Å². The maximum absolute atomic E-state index is 12.6. The van der Waals surface area contributed by atoms with Crippen molar-refractivity contribution in [3.63, 3.8) is 0 Å². The van der Waals surface area contributed by atoms with Crippen molar-refractivity contribution in [2.75, 3.05) is 51.2 Å². The molecule has 2 fully saturated rings. The zero-order valence-corrected chi connectivity index (χ0v) is 15.5. The van der Waals surface area contributed by atoms with E-state index in [1.165, 1.54) is 25.9 Å². The van der Waals surface area contributed by atoms with Crippen LogP contribution in [0.1, 0.15) is 25.7 Å². The van der Waals surface area contributed by atoms with Crippen molar-refractivity contribution in [1.29, 1.82) is 0 Å². The van der Waals surface area contributed by atoms with E-state index < -0.39 is 0 Å². The number of imidazole rings is 1. The lowest BCUT2D eigenvalue weighted by Gasteiger charge is -2.36. The maximum atomic E-state index is 12.6. The average molecular weight is 356 g/mol. The molecule has 1 amide bonds. The van der Waals surface area contributed by atoms with E-state index in [1.807, 2.05) is 23.2 Å². The Morgan fingerprint density at radius 2 is 1.88 bits per heavy atom. The first-order valence-electron chi connectivity index (χ1n) is 9.71. The number of anilines is 1. The van der Waals surface area contributed by atoms with E-state index in [4.69, 9.17) is 0 Å². The van der Waals surface area contributed by atoms with Crippen LogP contribution in [0.15, 0.2) is 24.5 Å². The average Bonchev–Trinajstić information content (AvgIpc) is 3.15. The van der Waals surface area contributed by atoms with Crippen molar-refractivity contribution in [3.05, 3.63) is 24.5 Å². The normalized spacial score (nSPS) is 20.0. The fourth-order valence-electron chi connectivity index (χ4n) is 4.00. The van der Waals surface area contributed by atoms with Gasteiger partial charge in [-0.2, -0.15) is 0 Å². The van der Waals surface area contributed by atoms with Crippen LogP contribution < -0.4 is 4.90 Å².